The first-order valence-corrected chi connectivity index (χ1v) is 8.55. The molecule has 138 valence electrons. The predicted octanol–water partition coefficient (Wildman–Crippen LogP) is 2.32. The molecule has 26 heavy (non-hydrogen) atoms. The third kappa shape index (κ3) is 3.60. The summed E-state index contributed by atoms with van der Waals surface area (Å²) in [5, 5.41) is 15.4. The van der Waals surface area contributed by atoms with Crippen molar-refractivity contribution in [2.75, 3.05) is 19.7 Å². The van der Waals surface area contributed by atoms with Crippen molar-refractivity contribution < 1.29 is 14.5 Å². The molecule has 1 aliphatic heterocycles. The lowest BCUT2D eigenvalue weighted by Crippen LogP contribution is -2.44. The van der Waals surface area contributed by atoms with Crippen molar-refractivity contribution in [2.24, 2.45) is 0 Å². The van der Waals surface area contributed by atoms with Gasteiger partial charge in [0, 0.05) is 18.7 Å². The molecule has 0 radical (unpaired) electrons. The van der Waals surface area contributed by atoms with Gasteiger partial charge >= 0.3 is 5.69 Å². The highest BCUT2D eigenvalue weighted by Crippen LogP contribution is 2.22. The Labute approximate surface area is 151 Å². The molecule has 0 saturated carbocycles. The van der Waals surface area contributed by atoms with Crippen LogP contribution in [0.4, 0.5) is 5.69 Å². The van der Waals surface area contributed by atoms with Crippen LogP contribution in [0.15, 0.2) is 24.3 Å². The number of benzene rings is 1. The van der Waals surface area contributed by atoms with Gasteiger partial charge in [0.05, 0.1) is 24.2 Å². The zero-order valence-corrected chi connectivity index (χ0v) is 15.1. The molecule has 8 nitrogen and oxygen atoms in total. The number of nitrogens with zero attached hydrogens (tertiary/aromatic N) is 4. The fourth-order valence-corrected chi connectivity index (χ4v) is 3.22. The first kappa shape index (κ1) is 18.1. The van der Waals surface area contributed by atoms with Crippen LogP contribution >= 0.6 is 0 Å². The zero-order valence-electron chi connectivity index (χ0n) is 15.1. The maximum atomic E-state index is 12.6. The molecular formula is C18H22N4O4. The maximum absolute atomic E-state index is 12.6. The lowest BCUT2D eigenvalue weighted by atomic mass is 10.1. The van der Waals surface area contributed by atoms with E-state index in [-0.39, 0.29) is 17.7 Å². The van der Waals surface area contributed by atoms with Gasteiger partial charge in [-0.2, -0.15) is 5.10 Å². The number of ether oxygens (including phenoxy) is 1. The van der Waals surface area contributed by atoms with Gasteiger partial charge in [0.25, 0.3) is 5.91 Å². The van der Waals surface area contributed by atoms with Gasteiger partial charge in [-0.05, 0) is 38.5 Å². The van der Waals surface area contributed by atoms with E-state index >= 15 is 0 Å². The minimum absolute atomic E-state index is 0.00606. The van der Waals surface area contributed by atoms with Crippen LogP contribution in [0.3, 0.4) is 0 Å². The lowest BCUT2D eigenvalue weighted by Gasteiger charge is -2.31. The summed E-state index contributed by atoms with van der Waals surface area (Å²) in [6.45, 7) is 7.44. The summed E-state index contributed by atoms with van der Waals surface area (Å²) in [6.07, 6.45) is 0.0498. The van der Waals surface area contributed by atoms with Crippen molar-refractivity contribution in [3.05, 3.63) is 56.9 Å². The number of rotatable bonds is 4. The topological polar surface area (TPSA) is 90.5 Å². The summed E-state index contributed by atoms with van der Waals surface area (Å²) in [4.78, 5) is 25.1. The normalized spacial score (nSPS) is 17.3. The van der Waals surface area contributed by atoms with Crippen LogP contribution in [0.25, 0.3) is 0 Å². The molecule has 0 spiro atoms. The Hall–Kier alpha value is -2.74. The van der Waals surface area contributed by atoms with Gasteiger partial charge in [-0.3, -0.25) is 19.6 Å². The van der Waals surface area contributed by atoms with Gasteiger partial charge in [0.2, 0.25) is 0 Å². The number of nitro groups is 1. The zero-order chi connectivity index (χ0) is 18.8. The number of carbonyl (C=O) groups is 1. The first-order chi connectivity index (χ1) is 12.4. The monoisotopic (exact) mass is 358 g/mol. The average molecular weight is 358 g/mol. The first-order valence-electron chi connectivity index (χ1n) is 8.55. The van der Waals surface area contributed by atoms with Crippen LogP contribution in [0.1, 0.15) is 34.2 Å². The molecule has 1 fully saturated rings. The highest BCUT2D eigenvalue weighted by atomic mass is 16.6. The van der Waals surface area contributed by atoms with Crippen LogP contribution < -0.4 is 0 Å². The second kappa shape index (κ2) is 7.25. The van der Waals surface area contributed by atoms with Gasteiger partial charge in [-0.25, -0.2) is 0 Å². The van der Waals surface area contributed by atoms with E-state index in [1.165, 1.54) is 0 Å². The Bertz CT molecular complexity index is 828. The van der Waals surface area contributed by atoms with E-state index in [2.05, 4.69) is 5.10 Å². The molecule has 1 amide bonds. The average Bonchev–Trinajstić information content (AvgIpc) is 2.88. The molecule has 0 N–H and O–H groups in total. The summed E-state index contributed by atoms with van der Waals surface area (Å²) >= 11 is 0. The molecule has 3 rings (SSSR count). The molecule has 8 heteroatoms. The molecule has 0 unspecified atom stereocenters. The summed E-state index contributed by atoms with van der Waals surface area (Å²) in [5.41, 5.74) is 2.54. The summed E-state index contributed by atoms with van der Waals surface area (Å²) in [6, 6.07) is 7.30. The third-order valence-electron chi connectivity index (χ3n) is 4.59. The number of carbonyl (C=O) groups excluding carboxylic acids is 1. The third-order valence-corrected chi connectivity index (χ3v) is 4.59. The highest BCUT2D eigenvalue weighted by molar-refractivity contribution is 5.94. The largest absolute Gasteiger partial charge is 0.375 e. The Balaban J connectivity index is 1.73. The van der Waals surface area contributed by atoms with Crippen LogP contribution in [0, 0.1) is 24.0 Å². The molecule has 1 aromatic heterocycles. The number of hydrogen-bond donors (Lipinski definition) is 0. The van der Waals surface area contributed by atoms with Crippen molar-refractivity contribution in [2.45, 2.75) is 33.4 Å². The van der Waals surface area contributed by atoms with Crippen molar-refractivity contribution >= 4 is 11.6 Å². The van der Waals surface area contributed by atoms with Gasteiger partial charge in [0.1, 0.15) is 11.4 Å². The van der Waals surface area contributed by atoms with E-state index in [1.807, 2.05) is 19.1 Å². The Morgan fingerprint density at radius 2 is 2.04 bits per heavy atom. The van der Waals surface area contributed by atoms with E-state index in [1.54, 1.807) is 35.6 Å². The fourth-order valence-electron chi connectivity index (χ4n) is 3.22. The Morgan fingerprint density at radius 1 is 1.35 bits per heavy atom. The quantitative estimate of drug-likeness (QED) is 0.618. The minimum atomic E-state index is -0.404. The second-order valence-electron chi connectivity index (χ2n) is 6.56. The van der Waals surface area contributed by atoms with E-state index in [4.69, 9.17) is 4.74 Å². The van der Waals surface area contributed by atoms with Crippen LogP contribution in [0.2, 0.25) is 0 Å². The second-order valence-corrected chi connectivity index (χ2v) is 6.56. The maximum Gasteiger partial charge on any atom is 0.312 e. The number of hydrogen-bond acceptors (Lipinski definition) is 5. The molecule has 1 aliphatic rings. The molecule has 0 aliphatic carbocycles. The fraction of sp³-hybridized carbons (Fsp3) is 0.444. The molecule has 2 heterocycles. The lowest BCUT2D eigenvalue weighted by molar-refractivity contribution is -0.386. The standard InChI is InChI=1S/C18H22N4O4/c1-12-10-20(8-9-26-12)18(23)16-6-4-15(5-7-16)11-21-14(3)17(22(24)25)13(2)19-21/h4-7,12H,8-11H2,1-3H3/t12-/m0/s1. The van der Waals surface area contributed by atoms with Crippen LogP contribution in [-0.2, 0) is 11.3 Å². The minimum Gasteiger partial charge on any atom is -0.375 e. The summed E-state index contributed by atoms with van der Waals surface area (Å²) < 4.78 is 7.09. The molecule has 1 saturated heterocycles. The molecule has 1 aromatic carbocycles. The smallest absolute Gasteiger partial charge is 0.312 e. The van der Waals surface area contributed by atoms with Gasteiger partial charge in [-0.15, -0.1) is 0 Å². The van der Waals surface area contributed by atoms with E-state index in [0.717, 1.165) is 5.56 Å². The number of aryl methyl sites for hydroxylation is 1. The van der Waals surface area contributed by atoms with Crippen molar-refractivity contribution in [3.63, 3.8) is 0 Å². The number of morpholine rings is 1. The predicted molar refractivity (Wildman–Crippen MR) is 95.2 cm³/mol. The van der Waals surface area contributed by atoms with Gasteiger partial charge < -0.3 is 9.64 Å². The molecule has 0 bridgehead atoms. The Morgan fingerprint density at radius 3 is 2.62 bits per heavy atom. The number of aromatic nitrogens is 2. The van der Waals surface area contributed by atoms with Crippen molar-refractivity contribution in [1.82, 2.24) is 14.7 Å². The highest BCUT2D eigenvalue weighted by Gasteiger charge is 2.23. The van der Waals surface area contributed by atoms with E-state index in [9.17, 15) is 14.9 Å². The van der Waals surface area contributed by atoms with Crippen molar-refractivity contribution in [3.8, 4) is 0 Å². The van der Waals surface area contributed by atoms with Crippen molar-refractivity contribution in [1.29, 1.82) is 0 Å². The summed E-state index contributed by atoms with van der Waals surface area (Å²) in [7, 11) is 0. The SMILES string of the molecule is Cc1nn(Cc2ccc(C(=O)N3CCO[C@@H](C)C3)cc2)c(C)c1[N+](=O)[O-]. The Kier molecular flexibility index (Phi) is 5.03. The van der Waals surface area contributed by atoms with E-state index in [0.29, 0.717) is 43.2 Å². The molecule has 2 aromatic rings. The van der Waals surface area contributed by atoms with Gasteiger partial charge in [-0.1, -0.05) is 12.1 Å². The van der Waals surface area contributed by atoms with Crippen LogP contribution in [-0.4, -0.2) is 51.3 Å². The van der Waals surface area contributed by atoms with Crippen LogP contribution in [0.5, 0.6) is 0 Å². The summed E-state index contributed by atoms with van der Waals surface area (Å²) in [5.74, 6) is -0.00606. The molecular weight excluding hydrogens is 336 g/mol. The molecule has 1 atom stereocenters. The van der Waals surface area contributed by atoms with E-state index < -0.39 is 4.92 Å². The van der Waals surface area contributed by atoms with Gasteiger partial charge in [0.15, 0.2) is 0 Å². The number of amides is 1.